The van der Waals surface area contributed by atoms with Crippen LogP contribution in [0.5, 0.6) is 0 Å². The third kappa shape index (κ3) is 4.97. The first-order valence-electron chi connectivity index (χ1n) is 9.88. The zero-order chi connectivity index (χ0) is 20.5. The lowest BCUT2D eigenvalue weighted by molar-refractivity contribution is 0.0898. The molecular formula is C22H25Cl3N2O2S. The van der Waals surface area contributed by atoms with Gasteiger partial charge in [-0.05, 0) is 63.0 Å². The van der Waals surface area contributed by atoms with Crippen LogP contribution >= 0.6 is 46.9 Å². The maximum absolute atomic E-state index is 12.9. The second kappa shape index (κ2) is 9.92. The average Bonchev–Trinajstić information content (AvgIpc) is 3.26. The molecule has 3 aromatic rings. The van der Waals surface area contributed by atoms with Gasteiger partial charge < -0.3 is 9.73 Å². The van der Waals surface area contributed by atoms with E-state index in [9.17, 15) is 4.79 Å². The van der Waals surface area contributed by atoms with Crippen molar-refractivity contribution < 1.29 is 9.21 Å². The number of fused-ring (bicyclic) bond motifs is 1. The molecule has 1 aliphatic rings. The van der Waals surface area contributed by atoms with Crippen LogP contribution in [0.1, 0.15) is 47.0 Å². The number of carbonyl (C=O) groups excluding carboxylic acids is 1. The van der Waals surface area contributed by atoms with Gasteiger partial charge in [-0.2, -0.15) is 0 Å². The summed E-state index contributed by atoms with van der Waals surface area (Å²) in [6, 6.07) is 9.49. The number of likely N-dealkylation sites (tertiary alicyclic amines) is 1. The van der Waals surface area contributed by atoms with Crippen LogP contribution in [0.25, 0.3) is 10.1 Å². The van der Waals surface area contributed by atoms with Gasteiger partial charge in [0.15, 0.2) is 0 Å². The van der Waals surface area contributed by atoms with Crippen molar-refractivity contribution in [2.45, 2.75) is 32.7 Å². The summed E-state index contributed by atoms with van der Waals surface area (Å²) >= 11 is 13.9. The first-order valence-corrected chi connectivity index (χ1v) is 11.5. The van der Waals surface area contributed by atoms with Gasteiger partial charge in [-0.1, -0.05) is 36.2 Å². The SMILES string of the molecule is Cc1ccc(C(CNC(=O)c2sc3cc(Cl)ccc3c2Cl)N2CCC(C)CC2)o1.Cl. The van der Waals surface area contributed by atoms with Crippen LogP contribution in [-0.2, 0) is 0 Å². The third-order valence-electron chi connectivity index (χ3n) is 5.60. The van der Waals surface area contributed by atoms with Gasteiger partial charge in [-0.3, -0.25) is 9.69 Å². The highest BCUT2D eigenvalue weighted by Crippen LogP contribution is 2.37. The fourth-order valence-corrected chi connectivity index (χ4v) is 5.55. The summed E-state index contributed by atoms with van der Waals surface area (Å²) in [5, 5.41) is 5.06. The molecule has 1 amide bonds. The number of hydrogen-bond donors (Lipinski definition) is 1. The molecule has 0 aliphatic carbocycles. The first-order chi connectivity index (χ1) is 13.9. The Labute approximate surface area is 196 Å². The minimum Gasteiger partial charge on any atom is -0.465 e. The largest absolute Gasteiger partial charge is 0.465 e. The molecule has 0 saturated carbocycles. The number of benzene rings is 1. The average molecular weight is 488 g/mol. The van der Waals surface area contributed by atoms with Gasteiger partial charge in [0, 0.05) is 21.7 Å². The van der Waals surface area contributed by atoms with E-state index < -0.39 is 0 Å². The van der Waals surface area contributed by atoms with E-state index in [-0.39, 0.29) is 24.4 Å². The molecule has 0 bridgehead atoms. The predicted octanol–water partition coefficient (Wildman–Crippen LogP) is 6.73. The second-order valence-electron chi connectivity index (χ2n) is 7.78. The van der Waals surface area contributed by atoms with Gasteiger partial charge in [0.05, 0.1) is 11.1 Å². The topological polar surface area (TPSA) is 45.5 Å². The molecule has 1 fully saturated rings. The smallest absolute Gasteiger partial charge is 0.263 e. The van der Waals surface area contributed by atoms with Crippen molar-refractivity contribution in [1.29, 1.82) is 0 Å². The Hall–Kier alpha value is -1.24. The first kappa shape index (κ1) is 23.4. The molecule has 1 atom stereocenters. The summed E-state index contributed by atoms with van der Waals surface area (Å²) in [7, 11) is 0. The van der Waals surface area contributed by atoms with Gasteiger partial charge in [0.1, 0.15) is 16.4 Å². The van der Waals surface area contributed by atoms with Crippen molar-refractivity contribution in [3.05, 3.63) is 56.8 Å². The fraction of sp³-hybridized carbons (Fsp3) is 0.409. The van der Waals surface area contributed by atoms with Gasteiger partial charge in [-0.15, -0.1) is 23.7 Å². The normalized spacial score (nSPS) is 16.4. The Bertz CT molecular complexity index is 1020. The van der Waals surface area contributed by atoms with Gasteiger partial charge >= 0.3 is 0 Å². The zero-order valence-corrected chi connectivity index (χ0v) is 20.1. The maximum atomic E-state index is 12.9. The predicted molar refractivity (Wildman–Crippen MR) is 128 cm³/mol. The lowest BCUT2D eigenvalue weighted by Gasteiger charge is -2.35. The second-order valence-corrected chi connectivity index (χ2v) is 9.64. The van der Waals surface area contributed by atoms with E-state index in [1.54, 1.807) is 6.07 Å². The number of hydrogen-bond acceptors (Lipinski definition) is 4. The highest BCUT2D eigenvalue weighted by Gasteiger charge is 2.28. The minimum atomic E-state index is -0.161. The molecule has 0 spiro atoms. The highest BCUT2D eigenvalue weighted by molar-refractivity contribution is 7.21. The van der Waals surface area contributed by atoms with Crippen molar-refractivity contribution in [1.82, 2.24) is 10.2 Å². The molecule has 4 rings (SSSR count). The number of halogens is 3. The fourth-order valence-electron chi connectivity index (χ4n) is 3.84. The minimum absolute atomic E-state index is 0. The Morgan fingerprint density at radius 2 is 2.00 bits per heavy atom. The van der Waals surface area contributed by atoms with Crippen LogP contribution in [0.2, 0.25) is 10.0 Å². The van der Waals surface area contributed by atoms with Crippen LogP contribution in [0.4, 0.5) is 0 Å². The van der Waals surface area contributed by atoms with Crippen LogP contribution < -0.4 is 5.32 Å². The quantitative estimate of drug-likeness (QED) is 0.434. The number of carbonyl (C=O) groups is 1. The van der Waals surface area contributed by atoms with Crippen molar-refractivity contribution in [2.24, 2.45) is 5.92 Å². The molecule has 1 N–H and O–H groups in total. The Balaban J connectivity index is 0.00000256. The monoisotopic (exact) mass is 486 g/mol. The van der Waals surface area contributed by atoms with Crippen LogP contribution in [0, 0.1) is 12.8 Å². The van der Waals surface area contributed by atoms with E-state index in [2.05, 4.69) is 17.1 Å². The molecule has 3 heterocycles. The number of rotatable bonds is 5. The van der Waals surface area contributed by atoms with Crippen LogP contribution in [0.3, 0.4) is 0 Å². The zero-order valence-electron chi connectivity index (χ0n) is 16.9. The number of furan rings is 1. The van der Waals surface area contributed by atoms with Gasteiger partial charge in [0.2, 0.25) is 0 Å². The number of thiophene rings is 1. The van der Waals surface area contributed by atoms with E-state index in [4.69, 9.17) is 27.6 Å². The molecule has 2 aromatic heterocycles. The molecular weight excluding hydrogens is 463 g/mol. The highest BCUT2D eigenvalue weighted by atomic mass is 35.5. The summed E-state index contributed by atoms with van der Waals surface area (Å²) < 4.78 is 6.83. The molecule has 1 aromatic carbocycles. The van der Waals surface area contributed by atoms with E-state index >= 15 is 0 Å². The van der Waals surface area contributed by atoms with Crippen molar-refractivity contribution in [3.63, 3.8) is 0 Å². The Morgan fingerprint density at radius 3 is 2.67 bits per heavy atom. The van der Waals surface area contributed by atoms with E-state index in [0.717, 1.165) is 53.5 Å². The molecule has 162 valence electrons. The van der Waals surface area contributed by atoms with E-state index in [1.807, 2.05) is 31.2 Å². The molecule has 1 aliphatic heterocycles. The van der Waals surface area contributed by atoms with Crippen molar-refractivity contribution in [3.8, 4) is 0 Å². The molecule has 4 nitrogen and oxygen atoms in total. The van der Waals surface area contributed by atoms with Crippen LogP contribution in [0.15, 0.2) is 34.7 Å². The summed E-state index contributed by atoms with van der Waals surface area (Å²) in [6.07, 6.45) is 2.32. The molecule has 1 unspecified atom stereocenters. The Kier molecular flexibility index (Phi) is 7.75. The number of piperidine rings is 1. The molecule has 8 heteroatoms. The molecule has 1 saturated heterocycles. The number of nitrogens with one attached hydrogen (secondary N) is 1. The summed E-state index contributed by atoms with van der Waals surface area (Å²) in [6.45, 7) is 6.72. The van der Waals surface area contributed by atoms with E-state index in [0.29, 0.717) is 21.5 Å². The summed E-state index contributed by atoms with van der Waals surface area (Å²) in [5.41, 5.74) is 0. The third-order valence-corrected chi connectivity index (χ3v) is 7.49. The van der Waals surface area contributed by atoms with Crippen molar-refractivity contribution in [2.75, 3.05) is 19.6 Å². The number of nitrogens with zero attached hydrogens (tertiary/aromatic N) is 1. The van der Waals surface area contributed by atoms with Gasteiger partial charge in [-0.25, -0.2) is 0 Å². The lowest BCUT2D eigenvalue weighted by Crippen LogP contribution is -2.41. The summed E-state index contributed by atoms with van der Waals surface area (Å²) in [4.78, 5) is 15.9. The molecule has 0 radical (unpaired) electrons. The number of amides is 1. The summed E-state index contributed by atoms with van der Waals surface area (Å²) in [5.74, 6) is 2.35. The maximum Gasteiger partial charge on any atom is 0.263 e. The Morgan fingerprint density at radius 1 is 1.27 bits per heavy atom. The lowest BCUT2D eigenvalue weighted by atomic mass is 9.97. The standard InChI is InChI=1S/C22H24Cl2N2O2S.ClH/c1-13-7-9-26(10-8-13)17(18-6-3-14(2)28-18)12-25-22(27)21-20(24)16-5-4-15(23)11-19(16)29-21;/h3-6,11,13,17H,7-10,12H2,1-2H3,(H,25,27);1H. The van der Waals surface area contributed by atoms with Crippen molar-refractivity contribution >= 4 is 62.9 Å². The van der Waals surface area contributed by atoms with Gasteiger partial charge in [0.25, 0.3) is 5.91 Å². The van der Waals surface area contributed by atoms with E-state index in [1.165, 1.54) is 11.3 Å². The molecule has 30 heavy (non-hydrogen) atoms. The van der Waals surface area contributed by atoms with Crippen LogP contribution in [-0.4, -0.2) is 30.4 Å². The number of aryl methyl sites for hydroxylation is 1.